The smallest absolute Gasteiger partial charge is 0.270 e. The number of hydrogen-bond acceptors (Lipinski definition) is 5. The molecule has 21 heavy (non-hydrogen) atoms. The molecule has 0 saturated carbocycles. The number of non-ortho nitro benzene ring substituents is 1. The maximum absolute atomic E-state index is 11.7. The summed E-state index contributed by atoms with van der Waals surface area (Å²) in [4.78, 5) is 24.2. The lowest BCUT2D eigenvalue weighted by Gasteiger charge is -2.28. The van der Waals surface area contributed by atoms with Gasteiger partial charge in [-0.3, -0.25) is 14.9 Å². The van der Waals surface area contributed by atoms with Crippen LogP contribution in [0.2, 0.25) is 0 Å². The molecule has 7 heteroatoms. The van der Waals surface area contributed by atoms with E-state index in [1.807, 2.05) is 0 Å². The maximum Gasteiger partial charge on any atom is 0.270 e. The zero-order chi connectivity index (χ0) is 15.1. The molecule has 112 valence electrons. The first-order chi connectivity index (χ1) is 9.99. The maximum atomic E-state index is 11.7. The SMILES string of the molecule is CC1C2CNCC2CN1c1ccc([N+](=O)[O-])cc1C(N)=O. The van der Waals surface area contributed by atoms with Gasteiger partial charge in [0.25, 0.3) is 11.6 Å². The number of primary amides is 1. The molecule has 0 radical (unpaired) electrons. The van der Waals surface area contributed by atoms with Crippen LogP contribution in [-0.4, -0.2) is 36.5 Å². The van der Waals surface area contributed by atoms with E-state index < -0.39 is 10.8 Å². The molecule has 1 aromatic carbocycles. The van der Waals surface area contributed by atoms with Crippen molar-refractivity contribution in [2.75, 3.05) is 24.5 Å². The lowest BCUT2D eigenvalue weighted by molar-refractivity contribution is -0.384. The van der Waals surface area contributed by atoms with E-state index in [9.17, 15) is 14.9 Å². The third-order valence-electron chi connectivity index (χ3n) is 4.70. The normalized spacial score (nSPS) is 27.7. The van der Waals surface area contributed by atoms with E-state index in [-0.39, 0.29) is 17.3 Å². The summed E-state index contributed by atoms with van der Waals surface area (Å²) in [5.74, 6) is 0.466. The number of nitro benzene ring substituents is 1. The number of nitrogens with two attached hydrogens (primary N) is 1. The van der Waals surface area contributed by atoms with Gasteiger partial charge in [0, 0.05) is 37.8 Å². The van der Waals surface area contributed by atoms with Crippen LogP contribution < -0.4 is 16.0 Å². The van der Waals surface area contributed by atoms with Crippen molar-refractivity contribution in [3.8, 4) is 0 Å². The summed E-state index contributed by atoms with van der Waals surface area (Å²) in [6.07, 6.45) is 0. The van der Waals surface area contributed by atoms with Crippen LogP contribution in [0.25, 0.3) is 0 Å². The van der Waals surface area contributed by atoms with Crippen LogP contribution in [0.15, 0.2) is 18.2 Å². The summed E-state index contributed by atoms with van der Waals surface area (Å²) in [5, 5.41) is 14.2. The fourth-order valence-electron chi connectivity index (χ4n) is 3.57. The predicted molar refractivity (Wildman–Crippen MR) is 78.3 cm³/mol. The van der Waals surface area contributed by atoms with Crippen molar-refractivity contribution in [1.29, 1.82) is 0 Å². The van der Waals surface area contributed by atoms with Crippen molar-refractivity contribution in [3.05, 3.63) is 33.9 Å². The third kappa shape index (κ3) is 2.23. The molecule has 3 rings (SSSR count). The molecule has 2 aliphatic heterocycles. The Labute approximate surface area is 122 Å². The van der Waals surface area contributed by atoms with E-state index >= 15 is 0 Å². The number of amides is 1. The Kier molecular flexibility index (Phi) is 3.29. The van der Waals surface area contributed by atoms with Crippen molar-refractivity contribution >= 4 is 17.3 Å². The van der Waals surface area contributed by atoms with Gasteiger partial charge in [-0.25, -0.2) is 0 Å². The number of benzene rings is 1. The number of carbonyl (C=O) groups is 1. The van der Waals surface area contributed by atoms with E-state index in [1.165, 1.54) is 12.1 Å². The van der Waals surface area contributed by atoms with Gasteiger partial charge in [0.05, 0.1) is 16.2 Å². The molecule has 0 spiro atoms. The summed E-state index contributed by atoms with van der Waals surface area (Å²) in [6, 6.07) is 4.63. The van der Waals surface area contributed by atoms with Crippen LogP contribution in [0.5, 0.6) is 0 Å². The van der Waals surface area contributed by atoms with Crippen LogP contribution in [-0.2, 0) is 0 Å². The molecule has 1 aromatic rings. The number of nitro groups is 1. The summed E-state index contributed by atoms with van der Waals surface area (Å²) >= 11 is 0. The summed E-state index contributed by atoms with van der Waals surface area (Å²) in [7, 11) is 0. The molecule has 2 heterocycles. The Bertz CT molecular complexity index is 604. The molecule has 2 saturated heterocycles. The number of nitrogens with one attached hydrogen (secondary N) is 1. The summed E-state index contributed by atoms with van der Waals surface area (Å²) in [5.41, 5.74) is 6.23. The predicted octanol–water partition coefficient (Wildman–Crippen LogP) is 0.738. The van der Waals surface area contributed by atoms with E-state index in [4.69, 9.17) is 5.73 Å². The van der Waals surface area contributed by atoms with Gasteiger partial charge < -0.3 is 16.0 Å². The average Bonchev–Trinajstić information content (AvgIpc) is 3.01. The number of anilines is 1. The van der Waals surface area contributed by atoms with E-state index in [0.29, 0.717) is 17.5 Å². The zero-order valence-corrected chi connectivity index (χ0v) is 11.8. The first-order valence-electron chi connectivity index (χ1n) is 7.04. The van der Waals surface area contributed by atoms with Gasteiger partial charge in [-0.1, -0.05) is 0 Å². The fraction of sp³-hybridized carbons (Fsp3) is 0.500. The highest BCUT2D eigenvalue weighted by molar-refractivity contribution is 5.99. The second-order valence-electron chi connectivity index (χ2n) is 5.80. The summed E-state index contributed by atoms with van der Waals surface area (Å²) in [6.45, 7) is 4.92. The Morgan fingerprint density at radius 2 is 2.24 bits per heavy atom. The Morgan fingerprint density at radius 1 is 1.48 bits per heavy atom. The average molecular weight is 290 g/mol. The van der Waals surface area contributed by atoms with Crippen LogP contribution in [0.4, 0.5) is 11.4 Å². The first kappa shape index (κ1) is 13.8. The molecule has 3 atom stereocenters. The van der Waals surface area contributed by atoms with E-state index in [1.54, 1.807) is 6.07 Å². The first-order valence-corrected chi connectivity index (χ1v) is 7.04. The van der Waals surface area contributed by atoms with Crippen molar-refractivity contribution in [2.24, 2.45) is 17.6 Å². The Balaban J connectivity index is 1.98. The van der Waals surface area contributed by atoms with Crippen LogP contribution in [0.3, 0.4) is 0 Å². The zero-order valence-electron chi connectivity index (χ0n) is 11.8. The molecule has 0 aromatic heterocycles. The lowest BCUT2D eigenvalue weighted by atomic mass is 9.95. The topological polar surface area (TPSA) is 102 Å². The van der Waals surface area contributed by atoms with Crippen LogP contribution in [0.1, 0.15) is 17.3 Å². The molecule has 1 amide bonds. The minimum atomic E-state index is -0.629. The number of fused-ring (bicyclic) bond motifs is 1. The van der Waals surface area contributed by atoms with Crippen molar-refractivity contribution in [1.82, 2.24) is 5.32 Å². The molecule has 0 bridgehead atoms. The highest BCUT2D eigenvalue weighted by Gasteiger charge is 2.42. The van der Waals surface area contributed by atoms with Crippen LogP contribution in [0, 0.1) is 22.0 Å². The second-order valence-corrected chi connectivity index (χ2v) is 5.80. The van der Waals surface area contributed by atoms with Crippen molar-refractivity contribution < 1.29 is 9.72 Å². The van der Waals surface area contributed by atoms with Crippen molar-refractivity contribution in [2.45, 2.75) is 13.0 Å². The molecule has 3 unspecified atom stereocenters. The molecule has 3 N–H and O–H groups in total. The molecule has 7 nitrogen and oxygen atoms in total. The standard InChI is InChI=1S/C14H18N4O3/c1-8-12-6-16-5-9(12)7-17(8)13-3-2-10(18(20)21)4-11(13)14(15)19/h2-4,8-9,12,16H,5-7H2,1H3,(H2,15,19). The van der Waals surface area contributed by atoms with Crippen LogP contribution >= 0.6 is 0 Å². The molecule has 2 fully saturated rings. The highest BCUT2D eigenvalue weighted by Crippen LogP contribution is 2.37. The van der Waals surface area contributed by atoms with Gasteiger partial charge in [-0.05, 0) is 24.8 Å². The number of hydrogen-bond donors (Lipinski definition) is 2. The fourth-order valence-corrected chi connectivity index (χ4v) is 3.57. The lowest BCUT2D eigenvalue weighted by Crippen LogP contribution is -2.34. The minimum absolute atomic E-state index is 0.110. The third-order valence-corrected chi connectivity index (χ3v) is 4.70. The second kappa shape index (κ2) is 5.00. The van der Waals surface area contributed by atoms with Gasteiger partial charge in [0.1, 0.15) is 0 Å². The molecular formula is C14H18N4O3. The van der Waals surface area contributed by atoms with Gasteiger partial charge in [0.2, 0.25) is 0 Å². The van der Waals surface area contributed by atoms with E-state index in [2.05, 4.69) is 17.1 Å². The van der Waals surface area contributed by atoms with Gasteiger partial charge >= 0.3 is 0 Å². The number of carbonyl (C=O) groups excluding carboxylic acids is 1. The van der Waals surface area contributed by atoms with Gasteiger partial charge in [0.15, 0.2) is 0 Å². The molecular weight excluding hydrogens is 272 g/mol. The number of nitrogens with zero attached hydrogens (tertiary/aromatic N) is 2. The monoisotopic (exact) mass is 290 g/mol. The Morgan fingerprint density at radius 3 is 2.86 bits per heavy atom. The quantitative estimate of drug-likeness (QED) is 0.631. The molecule has 0 aliphatic carbocycles. The highest BCUT2D eigenvalue weighted by atomic mass is 16.6. The largest absolute Gasteiger partial charge is 0.367 e. The minimum Gasteiger partial charge on any atom is -0.367 e. The van der Waals surface area contributed by atoms with Gasteiger partial charge in [-0.2, -0.15) is 0 Å². The summed E-state index contributed by atoms with van der Waals surface area (Å²) < 4.78 is 0. The Hall–Kier alpha value is -2.15. The van der Waals surface area contributed by atoms with E-state index in [0.717, 1.165) is 19.6 Å². The molecule has 2 aliphatic rings. The van der Waals surface area contributed by atoms with Crippen molar-refractivity contribution in [3.63, 3.8) is 0 Å². The van der Waals surface area contributed by atoms with Gasteiger partial charge in [-0.15, -0.1) is 0 Å². The number of rotatable bonds is 3.